The van der Waals surface area contributed by atoms with Crippen molar-refractivity contribution >= 4 is 17.7 Å². The third-order valence-corrected chi connectivity index (χ3v) is 4.09. The third-order valence-electron chi connectivity index (χ3n) is 3.04. The van der Waals surface area contributed by atoms with E-state index >= 15 is 0 Å². The fourth-order valence-corrected chi connectivity index (χ4v) is 2.95. The fraction of sp³-hybridized carbons (Fsp3) is 0.235. The first kappa shape index (κ1) is 15.4. The lowest BCUT2D eigenvalue weighted by Crippen LogP contribution is -2.10. The molecule has 21 heavy (non-hydrogen) atoms. The van der Waals surface area contributed by atoms with Crippen LogP contribution in [0.1, 0.15) is 28.4 Å². The molecule has 1 amide bonds. The van der Waals surface area contributed by atoms with Gasteiger partial charge in [-0.05, 0) is 30.7 Å². The Morgan fingerprint density at radius 3 is 2.48 bits per heavy atom. The predicted molar refractivity (Wildman–Crippen MR) is 87.6 cm³/mol. The van der Waals surface area contributed by atoms with Crippen molar-refractivity contribution in [3.05, 3.63) is 65.2 Å². The van der Waals surface area contributed by atoms with Crippen LogP contribution in [0, 0.1) is 0 Å². The van der Waals surface area contributed by atoms with Gasteiger partial charge in [-0.25, -0.2) is 0 Å². The minimum atomic E-state index is -0.389. The van der Waals surface area contributed by atoms with Crippen LogP contribution in [-0.2, 0) is 11.5 Å². The van der Waals surface area contributed by atoms with Gasteiger partial charge in [-0.15, -0.1) is 0 Å². The maximum absolute atomic E-state index is 11.0. The Kier molecular flexibility index (Phi) is 5.69. The van der Waals surface area contributed by atoms with Gasteiger partial charge in [-0.3, -0.25) is 4.79 Å². The number of para-hydroxylation sites is 1. The van der Waals surface area contributed by atoms with Crippen molar-refractivity contribution in [3.63, 3.8) is 0 Å². The molecule has 0 aromatic heterocycles. The first-order valence-electron chi connectivity index (χ1n) is 6.88. The smallest absolute Gasteiger partial charge is 0.248 e. The van der Waals surface area contributed by atoms with Crippen molar-refractivity contribution in [2.24, 2.45) is 5.73 Å². The first-order valence-corrected chi connectivity index (χ1v) is 8.03. The molecule has 0 saturated heterocycles. The molecule has 2 N–H and O–H groups in total. The summed E-state index contributed by atoms with van der Waals surface area (Å²) in [7, 11) is 0. The topological polar surface area (TPSA) is 52.3 Å². The molecule has 0 aliphatic heterocycles. The zero-order valence-corrected chi connectivity index (χ0v) is 12.9. The van der Waals surface area contributed by atoms with Crippen molar-refractivity contribution in [3.8, 4) is 5.75 Å². The van der Waals surface area contributed by atoms with E-state index in [1.165, 1.54) is 11.1 Å². The Morgan fingerprint density at radius 2 is 1.81 bits per heavy atom. The average Bonchev–Trinajstić information content (AvgIpc) is 2.50. The lowest BCUT2D eigenvalue weighted by Gasteiger charge is -2.09. The predicted octanol–water partition coefficient (Wildman–Crippen LogP) is 3.62. The molecule has 0 fully saturated rings. The number of ether oxygens (including phenoxy) is 1. The van der Waals surface area contributed by atoms with Crippen LogP contribution >= 0.6 is 11.8 Å². The number of amides is 1. The quantitative estimate of drug-likeness (QED) is 0.850. The third kappa shape index (κ3) is 4.53. The molecule has 2 rings (SSSR count). The van der Waals surface area contributed by atoms with Crippen molar-refractivity contribution in [1.29, 1.82) is 0 Å². The maximum atomic E-state index is 11.0. The molecule has 0 spiro atoms. The van der Waals surface area contributed by atoms with E-state index in [4.69, 9.17) is 10.5 Å². The Bertz CT molecular complexity index is 596. The number of hydrogen-bond donors (Lipinski definition) is 1. The molecule has 0 heterocycles. The van der Waals surface area contributed by atoms with Crippen LogP contribution in [0.15, 0.2) is 48.5 Å². The number of benzene rings is 2. The van der Waals surface area contributed by atoms with E-state index in [0.29, 0.717) is 12.2 Å². The molecule has 2 aromatic rings. The highest BCUT2D eigenvalue weighted by Crippen LogP contribution is 2.25. The van der Waals surface area contributed by atoms with Gasteiger partial charge in [0, 0.05) is 22.6 Å². The van der Waals surface area contributed by atoms with Crippen LogP contribution in [-0.4, -0.2) is 12.5 Å². The maximum Gasteiger partial charge on any atom is 0.248 e. The lowest BCUT2D eigenvalue weighted by molar-refractivity contribution is 0.100. The van der Waals surface area contributed by atoms with Gasteiger partial charge in [-0.1, -0.05) is 30.3 Å². The standard InChI is InChI=1S/C17H19NO2S/c1-2-20-16-6-4-3-5-15(16)12-21-11-13-7-9-14(10-8-13)17(18)19/h3-10H,2,11-12H2,1H3,(H2,18,19). The number of hydrogen-bond acceptors (Lipinski definition) is 3. The van der Waals surface area contributed by atoms with Gasteiger partial charge in [-0.2, -0.15) is 11.8 Å². The summed E-state index contributed by atoms with van der Waals surface area (Å²) in [5, 5.41) is 0. The zero-order valence-electron chi connectivity index (χ0n) is 12.0. The van der Waals surface area contributed by atoms with E-state index in [9.17, 15) is 4.79 Å². The van der Waals surface area contributed by atoms with Gasteiger partial charge >= 0.3 is 0 Å². The minimum Gasteiger partial charge on any atom is -0.494 e. The van der Waals surface area contributed by atoms with E-state index in [-0.39, 0.29) is 5.91 Å². The van der Waals surface area contributed by atoms with Crippen LogP contribution in [0.2, 0.25) is 0 Å². The molecular weight excluding hydrogens is 282 g/mol. The second-order valence-electron chi connectivity index (χ2n) is 4.59. The van der Waals surface area contributed by atoms with E-state index < -0.39 is 0 Å². The molecule has 0 aliphatic carbocycles. The number of carbonyl (C=O) groups is 1. The summed E-state index contributed by atoms with van der Waals surface area (Å²) >= 11 is 1.82. The molecule has 3 nitrogen and oxygen atoms in total. The normalized spacial score (nSPS) is 10.3. The summed E-state index contributed by atoms with van der Waals surface area (Å²) in [6.45, 7) is 2.67. The van der Waals surface area contributed by atoms with Crippen LogP contribution in [0.5, 0.6) is 5.75 Å². The minimum absolute atomic E-state index is 0.389. The highest BCUT2D eigenvalue weighted by Gasteiger charge is 2.04. The van der Waals surface area contributed by atoms with E-state index in [1.807, 2.05) is 49.0 Å². The molecule has 0 saturated carbocycles. The highest BCUT2D eigenvalue weighted by molar-refractivity contribution is 7.97. The Labute approximate surface area is 129 Å². The van der Waals surface area contributed by atoms with Gasteiger partial charge in [0.05, 0.1) is 6.61 Å². The van der Waals surface area contributed by atoms with Crippen molar-refractivity contribution < 1.29 is 9.53 Å². The fourth-order valence-electron chi connectivity index (χ4n) is 1.96. The molecule has 110 valence electrons. The Morgan fingerprint density at radius 1 is 1.10 bits per heavy atom. The summed E-state index contributed by atoms with van der Waals surface area (Å²) in [4.78, 5) is 11.0. The number of rotatable bonds is 7. The van der Waals surface area contributed by atoms with Crippen LogP contribution in [0.25, 0.3) is 0 Å². The van der Waals surface area contributed by atoms with Gasteiger partial charge in [0.2, 0.25) is 5.91 Å². The average molecular weight is 301 g/mol. The summed E-state index contributed by atoms with van der Waals surface area (Å²) in [6.07, 6.45) is 0. The summed E-state index contributed by atoms with van der Waals surface area (Å²) in [6, 6.07) is 15.5. The van der Waals surface area contributed by atoms with Gasteiger partial charge in [0.1, 0.15) is 5.75 Å². The molecule has 0 bridgehead atoms. The van der Waals surface area contributed by atoms with Crippen LogP contribution < -0.4 is 10.5 Å². The number of thioether (sulfide) groups is 1. The van der Waals surface area contributed by atoms with Crippen molar-refractivity contribution in [2.75, 3.05) is 6.61 Å². The summed E-state index contributed by atoms with van der Waals surface area (Å²) in [5.74, 6) is 2.35. The summed E-state index contributed by atoms with van der Waals surface area (Å²) in [5.41, 5.74) is 8.16. The second-order valence-corrected chi connectivity index (χ2v) is 5.58. The monoisotopic (exact) mass is 301 g/mol. The van der Waals surface area contributed by atoms with Crippen molar-refractivity contribution in [1.82, 2.24) is 0 Å². The molecule has 4 heteroatoms. The highest BCUT2D eigenvalue weighted by atomic mass is 32.2. The van der Waals surface area contributed by atoms with Gasteiger partial charge in [0.25, 0.3) is 0 Å². The van der Waals surface area contributed by atoms with E-state index in [0.717, 1.165) is 17.3 Å². The second kappa shape index (κ2) is 7.74. The van der Waals surface area contributed by atoms with Crippen LogP contribution in [0.3, 0.4) is 0 Å². The SMILES string of the molecule is CCOc1ccccc1CSCc1ccc(C(N)=O)cc1. The van der Waals surface area contributed by atoms with Crippen molar-refractivity contribution in [2.45, 2.75) is 18.4 Å². The Balaban J connectivity index is 1.91. The summed E-state index contributed by atoms with van der Waals surface area (Å²) < 4.78 is 5.62. The zero-order chi connectivity index (χ0) is 15.1. The molecule has 2 aromatic carbocycles. The largest absolute Gasteiger partial charge is 0.494 e. The number of nitrogens with two attached hydrogens (primary N) is 1. The molecular formula is C17H19NO2S. The molecule has 0 unspecified atom stereocenters. The number of primary amides is 1. The Hall–Kier alpha value is -1.94. The molecule has 0 atom stereocenters. The van der Waals surface area contributed by atoms with Gasteiger partial charge in [0.15, 0.2) is 0 Å². The van der Waals surface area contributed by atoms with Crippen LogP contribution in [0.4, 0.5) is 0 Å². The first-order chi connectivity index (χ1) is 10.2. The number of carbonyl (C=O) groups excluding carboxylic acids is 1. The van der Waals surface area contributed by atoms with E-state index in [2.05, 4.69) is 6.07 Å². The van der Waals surface area contributed by atoms with Gasteiger partial charge < -0.3 is 10.5 Å². The molecule has 0 radical (unpaired) electrons. The lowest BCUT2D eigenvalue weighted by atomic mass is 10.1. The van der Waals surface area contributed by atoms with E-state index in [1.54, 1.807) is 12.1 Å². The molecule has 0 aliphatic rings.